The van der Waals surface area contributed by atoms with E-state index in [4.69, 9.17) is 0 Å². The van der Waals surface area contributed by atoms with E-state index < -0.39 is 0 Å². The number of nitrogens with zero attached hydrogens (tertiary/aromatic N) is 1. The van der Waals surface area contributed by atoms with Gasteiger partial charge in [0.05, 0.1) is 10.3 Å². The number of piperidine rings is 1. The van der Waals surface area contributed by atoms with Gasteiger partial charge in [0.15, 0.2) is 0 Å². The Morgan fingerprint density at radius 3 is 3.06 bits per heavy atom. The number of amides is 1. The van der Waals surface area contributed by atoms with E-state index in [1.807, 2.05) is 18.0 Å². The van der Waals surface area contributed by atoms with E-state index in [1.54, 1.807) is 11.3 Å². The molecule has 1 saturated heterocycles. The van der Waals surface area contributed by atoms with Crippen LogP contribution < -0.4 is 5.32 Å². The largest absolute Gasteiger partial charge is 0.341 e. The quantitative estimate of drug-likeness (QED) is 0.920. The Bertz CT molecular complexity index is 401. The summed E-state index contributed by atoms with van der Waals surface area (Å²) in [6, 6.07) is 4.10. The van der Waals surface area contributed by atoms with Crippen LogP contribution >= 0.6 is 27.3 Å². The molecule has 1 unspecified atom stereocenters. The van der Waals surface area contributed by atoms with E-state index in [0.717, 1.165) is 23.4 Å². The van der Waals surface area contributed by atoms with E-state index in [2.05, 4.69) is 27.3 Å². The molecule has 0 bridgehead atoms. The number of halogens is 1. The molecule has 1 N–H and O–H groups in total. The van der Waals surface area contributed by atoms with Gasteiger partial charge in [0.25, 0.3) is 0 Å². The summed E-state index contributed by atoms with van der Waals surface area (Å²) >= 11 is 5.14. The summed E-state index contributed by atoms with van der Waals surface area (Å²) in [6.45, 7) is 2.81. The van der Waals surface area contributed by atoms with Crippen molar-refractivity contribution < 1.29 is 4.79 Å². The van der Waals surface area contributed by atoms with Crippen molar-refractivity contribution in [2.75, 3.05) is 20.1 Å². The van der Waals surface area contributed by atoms with Gasteiger partial charge >= 0.3 is 0 Å². The lowest BCUT2D eigenvalue weighted by Gasteiger charge is -2.24. The zero-order valence-corrected chi connectivity index (χ0v) is 13.0. The first-order valence-electron chi connectivity index (χ1n) is 6.34. The molecule has 0 radical (unpaired) electrons. The summed E-state index contributed by atoms with van der Waals surface area (Å²) in [7, 11) is 1.90. The minimum absolute atomic E-state index is 0.258. The van der Waals surface area contributed by atoms with Crippen LogP contribution in [0.25, 0.3) is 0 Å². The summed E-state index contributed by atoms with van der Waals surface area (Å²) in [4.78, 5) is 15.2. The smallest absolute Gasteiger partial charge is 0.222 e. The Hall–Kier alpha value is -0.390. The maximum atomic E-state index is 12.1. The molecule has 0 aromatic carbocycles. The fraction of sp³-hybridized carbons (Fsp3) is 0.615. The Balaban J connectivity index is 1.80. The van der Waals surface area contributed by atoms with Gasteiger partial charge < -0.3 is 10.2 Å². The highest BCUT2D eigenvalue weighted by atomic mass is 79.9. The van der Waals surface area contributed by atoms with E-state index in [9.17, 15) is 4.79 Å². The SMILES string of the molecule is CN(Cc1ccc(Br)s1)C(=O)CC1CCCNC1. The summed E-state index contributed by atoms with van der Waals surface area (Å²) in [6.07, 6.45) is 3.05. The van der Waals surface area contributed by atoms with Gasteiger partial charge in [-0.3, -0.25) is 4.79 Å². The number of thiophene rings is 1. The lowest BCUT2D eigenvalue weighted by atomic mass is 9.96. The lowest BCUT2D eigenvalue weighted by Crippen LogP contribution is -2.34. The van der Waals surface area contributed by atoms with Gasteiger partial charge in [0.1, 0.15) is 0 Å². The monoisotopic (exact) mass is 330 g/mol. The second-order valence-electron chi connectivity index (χ2n) is 4.87. The molecule has 100 valence electrons. The average Bonchev–Trinajstić information content (AvgIpc) is 2.76. The van der Waals surface area contributed by atoms with Crippen molar-refractivity contribution in [3.63, 3.8) is 0 Å². The minimum atomic E-state index is 0.258. The summed E-state index contributed by atoms with van der Waals surface area (Å²) in [5.74, 6) is 0.775. The first-order chi connectivity index (χ1) is 8.65. The van der Waals surface area contributed by atoms with Crippen LogP contribution in [0.5, 0.6) is 0 Å². The summed E-state index contributed by atoms with van der Waals surface area (Å²) in [5, 5.41) is 3.36. The molecule has 1 fully saturated rings. The van der Waals surface area contributed by atoms with Crippen molar-refractivity contribution in [2.45, 2.75) is 25.8 Å². The van der Waals surface area contributed by atoms with Gasteiger partial charge in [0, 0.05) is 18.3 Å². The molecule has 2 rings (SSSR count). The van der Waals surface area contributed by atoms with Crippen LogP contribution in [0.2, 0.25) is 0 Å². The van der Waals surface area contributed by atoms with Gasteiger partial charge in [-0.15, -0.1) is 11.3 Å². The van der Waals surface area contributed by atoms with Crippen molar-refractivity contribution in [1.29, 1.82) is 0 Å². The number of carbonyl (C=O) groups is 1. The molecule has 1 amide bonds. The van der Waals surface area contributed by atoms with Crippen LogP contribution in [0.1, 0.15) is 24.1 Å². The molecule has 0 saturated carbocycles. The molecule has 1 aliphatic rings. The second-order valence-corrected chi connectivity index (χ2v) is 7.42. The standard InChI is InChI=1S/C13H19BrN2OS/c1-16(9-11-4-5-12(14)18-11)13(17)7-10-3-2-6-15-8-10/h4-5,10,15H,2-3,6-9H2,1H3. The van der Waals surface area contributed by atoms with Gasteiger partial charge in [-0.25, -0.2) is 0 Å². The van der Waals surface area contributed by atoms with Crippen LogP contribution in [-0.4, -0.2) is 30.9 Å². The highest BCUT2D eigenvalue weighted by Crippen LogP contribution is 2.23. The number of carbonyl (C=O) groups excluding carboxylic acids is 1. The number of nitrogens with one attached hydrogen (secondary N) is 1. The molecular weight excluding hydrogens is 312 g/mol. The van der Waals surface area contributed by atoms with Crippen molar-refractivity contribution in [3.8, 4) is 0 Å². The minimum Gasteiger partial charge on any atom is -0.341 e. The molecule has 18 heavy (non-hydrogen) atoms. The van der Waals surface area contributed by atoms with Gasteiger partial charge in [0.2, 0.25) is 5.91 Å². The van der Waals surface area contributed by atoms with Crippen LogP contribution in [-0.2, 0) is 11.3 Å². The van der Waals surface area contributed by atoms with E-state index in [0.29, 0.717) is 12.3 Å². The molecule has 5 heteroatoms. The van der Waals surface area contributed by atoms with Crippen LogP contribution in [0.4, 0.5) is 0 Å². The highest BCUT2D eigenvalue weighted by molar-refractivity contribution is 9.11. The van der Waals surface area contributed by atoms with Crippen molar-refractivity contribution >= 4 is 33.2 Å². The van der Waals surface area contributed by atoms with Crippen LogP contribution in [0.15, 0.2) is 15.9 Å². The summed E-state index contributed by atoms with van der Waals surface area (Å²) < 4.78 is 1.12. The van der Waals surface area contributed by atoms with Crippen molar-refractivity contribution in [3.05, 3.63) is 20.8 Å². The van der Waals surface area contributed by atoms with Crippen LogP contribution in [0, 0.1) is 5.92 Å². The fourth-order valence-corrected chi connectivity index (χ4v) is 3.80. The van der Waals surface area contributed by atoms with Gasteiger partial charge in [-0.1, -0.05) is 0 Å². The first kappa shape index (κ1) is 14.0. The normalized spacial score (nSPS) is 19.8. The molecule has 2 heterocycles. The maximum absolute atomic E-state index is 12.1. The molecule has 1 atom stereocenters. The van der Waals surface area contributed by atoms with Crippen LogP contribution in [0.3, 0.4) is 0 Å². The fourth-order valence-electron chi connectivity index (χ4n) is 2.26. The third-order valence-electron chi connectivity index (χ3n) is 3.31. The first-order valence-corrected chi connectivity index (χ1v) is 7.95. The van der Waals surface area contributed by atoms with E-state index in [-0.39, 0.29) is 5.91 Å². The maximum Gasteiger partial charge on any atom is 0.222 e. The molecule has 1 aromatic rings. The number of hydrogen-bond donors (Lipinski definition) is 1. The second kappa shape index (κ2) is 6.68. The summed E-state index contributed by atoms with van der Waals surface area (Å²) in [5.41, 5.74) is 0. The van der Waals surface area contributed by atoms with Crippen molar-refractivity contribution in [1.82, 2.24) is 10.2 Å². The lowest BCUT2D eigenvalue weighted by molar-refractivity contribution is -0.131. The van der Waals surface area contributed by atoms with E-state index in [1.165, 1.54) is 17.7 Å². The highest BCUT2D eigenvalue weighted by Gasteiger charge is 2.19. The van der Waals surface area contributed by atoms with Crippen molar-refractivity contribution in [2.24, 2.45) is 5.92 Å². The molecule has 1 aromatic heterocycles. The Morgan fingerprint density at radius 1 is 1.61 bits per heavy atom. The average molecular weight is 331 g/mol. The van der Waals surface area contributed by atoms with Gasteiger partial charge in [-0.2, -0.15) is 0 Å². The topological polar surface area (TPSA) is 32.3 Å². The molecular formula is C13H19BrN2OS. The number of rotatable bonds is 4. The predicted molar refractivity (Wildman–Crippen MR) is 78.7 cm³/mol. The molecule has 1 aliphatic heterocycles. The Labute approximate surface area is 121 Å². The Morgan fingerprint density at radius 2 is 2.44 bits per heavy atom. The zero-order chi connectivity index (χ0) is 13.0. The predicted octanol–water partition coefficient (Wildman–Crippen LogP) is 2.86. The molecule has 0 aliphatic carbocycles. The van der Waals surface area contributed by atoms with E-state index >= 15 is 0 Å². The van der Waals surface area contributed by atoms with Gasteiger partial charge in [-0.05, 0) is 59.9 Å². The third-order valence-corrected chi connectivity index (χ3v) is 4.92. The Kier molecular flexibility index (Phi) is 5.21. The zero-order valence-electron chi connectivity index (χ0n) is 10.6. The third kappa shape index (κ3) is 4.07. The molecule has 3 nitrogen and oxygen atoms in total. The molecule has 0 spiro atoms. The number of hydrogen-bond acceptors (Lipinski definition) is 3.